The Hall–Kier alpha value is -5.32. The first-order chi connectivity index (χ1) is 19.7. The Bertz CT molecular complexity index is 1590. The Balaban J connectivity index is 1.42. The number of carbonyl (C=O) groups is 2. The van der Waals surface area contributed by atoms with E-state index in [0.717, 1.165) is 12.1 Å². The van der Waals surface area contributed by atoms with Crippen LogP contribution >= 0.6 is 0 Å². The predicted octanol–water partition coefficient (Wildman–Crippen LogP) is 6.53. The average molecular weight is 564 g/mol. The summed E-state index contributed by atoms with van der Waals surface area (Å²) in [5, 5.41) is 6.67. The Morgan fingerprint density at radius 1 is 0.780 bits per heavy atom. The second-order valence-corrected chi connectivity index (χ2v) is 8.47. The van der Waals surface area contributed by atoms with Crippen molar-refractivity contribution in [2.75, 3.05) is 19.5 Å². The molecule has 0 atom stereocenters. The number of methoxy groups -OCH3 is 2. The van der Waals surface area contributed by atoms with Gasteiger partial charge in [-0.2, -0.15) is 18.3 Å². The van der Waals surface area contributed by atoms with Crippen molar-refractivity contribution in [2.24, 2.45) is 5.10 Å². The van der Waals surface area contributed by atoms with Crippen molar-refractivity contribution in [3.63, 3.8) is 0 Å². The molecule has 210 valence electrons. The molecular formula is C30H24F3N3O5. The van der Waals surface area contributed by atoms with Crippen LogP contribution in [0.15, 0.2) is 96.1 Å². The van der Waals surface area contributed by atoms with E-state index in [-0.39, 0.29) is 22.7 Å². The van der Waals surface area contributed by atoms with Crippen LogP contribution in [-0.4, -0.2) is 32.2 Å². The summed E-state index contributed by atoms with van der Waals surface area (Å²) in [6.07, 6.45) is -3.14. The molecule has 2 amide bonds. The number of nitrogens with one attached hydrogen (secondary N) is 2. The van der Waals surface area contributed by atoms with Gasteiger partial charge in [0.2, 0.25) is 0 Å². The molecule has 0 aliphatic carbocycles. The molecule has 0 aliphatic rings. The van der Waals surface area contributed by atoms with Crippen LogP contribution in [0.25, 0.3) is 0 Å². The first kappa shape index (κ1) is 28.7. The summed E-state index contributed by atoms with van der Waals surface area (Å²) in [4.78, 5) is 25.7. The summed E-state index contributed by atoms with van der Waals surface area (Å²) in [5.41, 5.74) is 2.82. The predicted molar refractivity (Wildman–Crippen MR) is 147 cm³/mol. The third-order valence-electron chi connectivity index (χ3n) is 5.70. The molecule has 2 N–H and O–H groups in total. The van der Waals surface area contributed by atoms with Crippen molar-refractivity contribution >= 4 is 23.7 Å². The smallest absolute Gasteiger partial charge is 0.416 e. The van der Waals surface area contributed by atoms with E-state index in [9.17, 15) is 22.8 Å². The Morgan fingerprint density at radius 2 is 1.49 bits per heavy atom. The molecule has 0 saturated carbocycles. The van der Waals surface area contributed by atoms with Crippen LogP contribution in [0.5, 0.6) is 23.0 Å². The van der Waals surface area contributed by atoms with Gasteiger partial charge in [-0.05, 0) is 66.2 Å². The highest BCUT2D eigenvalue weighted by Gasteiger charge is 2.30. The normalized spacial score (nSPS) is 11.1. The molecule has 0 fully saturated rings. The summed E-state index contributed by atoms with van der Waals surface area (Å²) in [5.74, 6) is 0.101. The number of nitrogens with zero attached hydrogens (tertiary/aromatic N) is 1. The number of amides is 2. The lowest BCUT2D eigenvalue weighted by Crippen LogP contribution is -2.21. The Labute approximate surface area is 233 Å². The van der Waals surface area contributed by atoms with Crippen LogP contribution in [0, 0.1) is 0 Å². The fourth-order valence-electron chi connectivity index (χ4n) is 3.72. The molecule has 8 nitrogen and oxygen atoms in total. The Kier molecular flexibility index (Phi) is 8.88. The third-order valence-corrected chi connectivity index (χ3v) is 5.70. The van der Waals surface area contributed by atoms with Crippen molar-refractivity contribution in [3.8, 4) is 23.0 Å². The monoisotopic (exact) mass is 563 g/mol. The summed E-state index contributed by atoms with van der Waals surface area (Å²) in [7, 11) is 2.94. The molecule has 0 unspecified atom stereocenters. The van der Waals surface area contributed by atoms with E-state index in [1.54, 1.807) is 54.6 Å². The molecule has 4 rings (SSSR count). The first-order valence-corrected chi connectivity index (χ1v) is 12.1. The quantitative estimate of drug-likeness (QED) is 0.178. The van der Waals surface area contributed by atoms with Crippen LogP contribution < -0.4 is 25.0 Å². The lowest BCUT2D eigenvalue weighted by molar-refractivity contribution is -0.137. The number of benzene rings is 4. The summed E-state index contributed by atoms with van der Waals surface area (Å²) in [6.45, 7) is 0. The van der Waals surface area contributed by atoms with Gasteiger partial charge in [-0.1, -0.05) is 30.3 Å². The van der Waals surface area contributed by atoms with E-state index in [4.69, 9.17) is 14.2 Å². The van der Waals surface area contributed by atoms with Crippen LogP contribution in [0.3, 0.4) is 0 Å². The molecule has 0 aliphatic heterocycles. The Morgan fingerprint density at radius 3 is 2.22 bits per heavy atom. The molecule has 0 radical (unpaired) electrons. The summed E-state index contributed by atoms with van der Waals surface area (Å²) >= 11 is 0. The second-order valence-electron chi connectivity index (χ2n) is 8.47. The van der Waals surface area contributed by atoms with Crippen LogP contribution in [0.1, 0.15) is 31.8 Å². The minimum atomic E-state index is -4.49. The molecule has 4 aromatic carbocycles. The minimum Gasteiger partial charge on any atom is -0.493 e. The number of halogens is 3. The van der Waals surface area contributed by atoms with Crippen molar-refractivity contribution in [3.05, 3.63) is 113 Å². The van der Waals surface area contributed by atoms with E-state index in [2.05, 4.69) is 15.8 Å². The lowest BCUT2D eigenvalue weighted by atomic mass is 10.1. The molecule has 4 aromatic rings. The largest absolute Gasteiger partial charge is 0.493 e. The number of carbonyl (C=O) groups excluding carboxylic acids is 2. The highest BCUT2D eigenvalue weighted by Crippen LogP contribution is 2.33. The standard InChI is InChI=1S/C30H24F3N3O5/c1-39-26-14-13-20(16-27(26)40-2)28(37)35-25-12-4-3-11-24(25)29(38)36-34-18-19-7-5-9-22(15-19)41-23-10-6-8-21(17-23)30(31,32)33/h3-18H,1-2H3,(H,35,37)(H,36,38)/b34-18-. The molecule has 0 spiro atoms. The number of alkyl halides is 3. The van der Waals surface area contributed by atoms with Gasteiger partial charge in [0, 0.05) is 5.56 Å². The third kappa shape index (κ3) is 7.41. The van der Waals surface area contributed by atoms with E-state index < -0.39 is 23.6 Å². The highest BCUT2D eigenvalue weighted by atomic mass is 19.4. The number of rotatable bonds is 9. The fourth-order valence-corrected chi connectivity index (χ4v) is 3.72. The van der Waals surface area contributed by atoms with Gasteiger partial charge in [-0.3, -0.25) is 9.59 Å². The van der Waals surface area contributed by atoms with E-state index in [1.807, 2.05) is 0 Å². The van der Waals surface area contributed by atoms with E-state index in [1.165, 1.54) is 44.7 Å². The second kappa shape index (κ2) is 12.7. The average Bonchev–Trinajstić information content (AvgIpc) is 2.97. The molecule has 0 aromatic heterocycles. The van der Waals surface area contributed by atoms with Gasteiger partial charge in [-0.15, -0.1) is 0 Å². The van der Waals surface area contributed by atoms with Crippen molar-refractivity contribution in [2.45, 2.75) is 6.18 Å². The zero-order valence-corrected chi connectivity index (χ0v) is 21.9. The topological polar surface area (TPSA) is 98.2 Å². The van der Waals surface area contributed by atoms with Gasteiger partial charge >= 0.3 is 6.18 Å². The van der Waals surface area contributed by atoms with E-state index in [0.29, 0.717) is 22.6 Å². The minimum absolute atomic E-state index is 0.0222. The number of para-hydroxylation sites is 1. The van der Waals surface area contributed by atoms with Crippen LogP contribution in [0.2, 0.25) is 0 Å². The van der Waals surface area contributed by atoms with Gasteiger partial charge in [-0.25, -0.2) is 5.43 Å². The molecule has 11 heteroatoms. The lowest BCUT2D eigenvalue weighted by Gasteiger charge is -2.12. The molecule has 0 heterocycles. The molecule has 41 heavy (non-hydrogen) atoms. The number of anilines is 1. The van der Waals surface area contributed by atoms with Crippen LogP contribution in [0.4, 0.5) is 18.9 Å². The zero-order valence-electron chi connectivity index (χ0n) is 21.9. The number of hydrazone groups is 1. The van der Waals surface area contributed by atoms with Crippen molar-refractivity contribution in [1.82, 2.24) is 5.43 Å². The maximum atomic E-state index is 13.0. The molecule has 0 bridgehead atoms. The molecule has 0 saturated heterocycles. The maximum absolute atomic E-state index is 13.0. The number of hydrogen-bond donors (Lipinski definition) is 2. The van der Waals surface area contributed by atoms with Crippen LogP contribution in [-0.2, 0) is 6.18 Å². The first-order valence-electron chi connectivity index (χ1n) is 12.1. The maximum Gasteiger partial charge on any atom is 0.416 e. The number of hydrogen-bond acceptors (Lipinski definition) is 6. The molecular weight excluding hydrogens is 539 g/mol. The van der Waals surface area contributed by atoms with E-state index >= 15 is 0 Å². The van der Waals surface area contributed by atoms with Gasteiger partial charge in [0.05, 0.1) is 37.2 Å². The zero-order chi connectivity index (χ0) is 29.4. The van der Waals surface area contributed by atoms with Gasteiger partial charge < -0.3 is 19.5 Å². The fraction of sp³-hybridized carbons (Fsp3) is 0.100. The highest BCUT2D eigenvalue weighted by molar-refractivity contribution is 6.09. The van der Waals surface area contributed by atoms with Gasteiger partial charge in [0.1, 0.15) is 11.5 Å². The van der Waals surface area contributed by atoms with Crippen molar-refractivity contribution in [1.29, 1.82) is 0 Å². The summed E-state index contributed by atoms with van der Waals surface area (Å²) in [6, 6.07) is 22.1. The van der Waals surface area contributed by atoms with Gasteiger partial charge in [0.25, 0.3) is 11.8 Å². The van der Waals surface area contributed by atoms with Gasteiger partial charge in [0.15, 0.2) is 11.5 Å². The summed E-state index contributed by atoms with van der Waals surface area (Å²) < 4.78 is 54.9. The van der Waals surface area contributed by atoms with Crippen molar-refractivity contribution < 1.29 is 37.0 Å². The SMILES string of the molecule is COc1ccc(C(=O)Nc2ccccc2C(=O)N/N=C\c2cccc(Oc3cccc(C(F)(F)F)c3)c2)cc1OC. The number of ether oxygens (including phenoxy) is 3.